The minimum atomic E-state index is -0.513. The van der Waals surface area contributed by atoms with Crippen molar-refractivity contribution in [2.45, 2.75) is 39.8 Å². The van der Waals surface area contributed by atoms with Gasteiger partial charge in [0.1, 0.15) is 21.6 Å². The third kappa shape index (κ3) is 4.41. The predicted octanol–water partition coefficient (Wildman–Crippen LogP) is 2.35. The van der Waals surface area contributed by atoms with Crippen LogP contribution in [0.25, 0.3) is 0 Å². The van der Waals surface area contributed by atoms with Gasteiger partial charge in [0, 0.05) is 0 Å². The van der Waals surface area contributed by atoms with E-state index in [1.165, 1.54) is 11.3 Å². The van der Waals surface area contributed by atoms with Gasteiger partial charge in [-0.25, -0.2) is 9.78 Å². The minimum Gasteiger partial charge on any atom is -0.444 e. The molecule has 0 aliphatic carbocycles. The number of nitrogens with zero attached hydrogens (tertiary/aromatic N) is 2. The number of nitrogens with one attached hydrogen (secondary N) is 1. The van der Waals surface area contributed by atoms with Gasteiger partial charge in [0.05, 0.1) is 12.2 Å². The number of ether oxygens (including phenoxy) is 1. The molecule has 1 aromatic rings. The number of hydrogen-bond acceptors (Lipinski definition) is 5. The van der Waals surface area contributed by atoms with Gasteiger partial charge in [0.15, 0.2) is 0 Å². The summed E-state index contributed by atoms with van der Waals surface area (Å²) in [5.41, 5.74) is 0.180. The van der Waals surface area contributed by atoms with E-state index in [1.807, 2.05) is 0 Å². The fourth-order valence-electron chi connectivity index (χ4n) is 1.09. The number of rotatable bonds is 2. The van der Waals surface area contributed by atoms with Crippen molar-refractivity contribution in [2.24, 2.45) is 0 Å². The number of thiazole rings is 1. The van der Waals surface area contributed by atoms with Crippen LogP contribution in [0.4, 0.5) is 4.79 Å². The van der Waals surface area contributed by atoms with Gasteiger partial charge in [-0.1, -0.05) is 0 Å². The van der Waals surface area contributed by atoms with Crippen LogP contribution in [-0.4, -0.2) is 16.7 Å². The first-order chi connectivity index (χ1) is 7.81. The summed E-state index contributed by atoms with van der Waals surface area (Å²) in [7, 11) is 0. The quantitative estimate of drug-likeness (QED) is 0.877. The second-order valence-corrected chi connectivity index (χ2v) is 5.57. The van der Waals surface area contributed by atoms with E-state index >= 15 is 0 Å². The van der Waals surface area contributed by atoms with Crippen LogP contribution in [0.5, 0.6) is 0 Å². The zero-order valence-electron chi connectivity index (χ0n) is 10.3. The monoisotopic (exact) mass is 253 g/mol. The molecule has 0 atom stereocenters. The number of carbonyl (C=O) groups is 1. The van der Waals surface area contributed by atoms with E-state index in [-0.39, 0.29) is 6.54 Å². The van der Waals surface area contributed by atoms with E-state index in [1.54, 1.807) is 27.7 Å². The molecule has 5 nitrogen and oxygen atoms in total. The second kappa shape index (κ2) is 5.15. The molecule has 1 amide bonds. The van der Waals surface area contributed by atoms with Crippen molar-refractivity contribution in [3.63, 3.8) is 0 Å². The second-order valence-electron chi connectivity index (χ2n) is 4.49. The van der Waals surface area contributed by atoms with Gasteiger partial charge in [-0.15, -0.1) is 11.3 Å². The molecular formula is C11H15N3O2S. The molecule has 1 aromatic heterocycles. The Morgan fingerprint density at radius 3 is 2.71 bits per heavy atom. The van der Waals surface area contributed by atoms with Gasteiger partial charge in [-0.2, -0.15) is 5.26 Å². The number of carbonyl (C=O) groups excluding carboxylic acids is 1. The summed E-state index contributed by atoms with van der Waals surface area (Å²) in [6, 6.07) is 2.05. The number of alkyl carbamates (subject to hydrolysis) is 1. The smallest absolute Gasteiger partial charge is 0.408 e. The molecule has 1 N–H and O–H groups in total. The minimum absolute atomic E-state index is 0.280. The molecule has 0 saturated carbocycles. The maximum atomic E-state index is 11.4. The Hall–Kier alpha value is -1.61. The van der Waals surface area contributed by atoms with Gasteiger partial charge in [0.2, 0.25) is 0 Å². The van der Waals surface area contributed by atoms with Gasteiger partial charge in [-0.05, 0) is 27.7 Å². The van der Waals surface area contributed by atoms with Crippen molar-refractivity contribution in [1.29, 1.82) is 5.26 Å². The third-order valence-corrected chi connectivity index (χ3v) is 2.79. The Morgan fingerprint density at radius 1 is 1.59 bits per heavy atom. The van der Waals surface area contributed by atoms with Crippen molar-refractivity contribution >= 4 is 17.4 Å². The van der Waals surface area contributed by atoms with Crippen LogP contribution in [0, 0.1) is 18.3 Å². The van der Waals surface area contributed by atoms with Crippen LogP contribution >= 0.6 is 11.3 Å². The number of aromatic nitrogens is 1. The normalized spacial score (nSPS) is 10.8. The highest BCUT2D eigenvalue weighted by Gasteiger charge is 2.16. The highest BCUT2D eigenvalue weighted by atomic mass is 32.1. The van der Waals surface area contributed by atoms with E-state index in [9.17, 15) is 4.79 Å². The molecule has 0 aliphatic rings. The lowest BCUT2D eigenvalue weighted by Crippen LogP contribution is -2.32. The van der Waals surface area contributed by atoms with Crippen molar-refractivity contribution in [3.8, 4) is 6.07 Å². The fraction of sp³-hybridized carbons (Fsp3) is 0.545. The molecular weight excluding hydrogens is 238 g/mol. The summed E-state index contributed by atoms with van der Waals surface area (Å²) >= 11 is 1.28. The third-order valence-electron chi connectivity index (χ3n) is 1.73. The van der Waals surface area contributed by atoms with E-state index in [0.717, 1.165) is 0 Å². The van der Waals surface area contributed by atoms with Crippen LogP contribution in [0.2, 0.25) is 0 Å². The molecule has 1 rings (SSSR count). The van der Waals surface area contributed by atoms with Crippen LogP contribution < -0.4 is 5.32 Å². The SMILES string of the molecule is Cc1nc(CNC(=O)OC(C)(C)C)sc1C#N. The zero-order valence-corrected chi connectivity index (χ0v) is 11.1. The summed E-state index contributed by atoms with van der Waals surface area (Å²) in [6.07, 6.45) is -0.483. The van der Waals surface area contributed by atoms with Crippen LogP contribution in [0.15, 0.2) is 0 Å². The summed E-state index contributed by atoms with van der Waals surface area (Å²) < 4.78 is 5.08. The molecule has 1 heterocycles. The lowest BCUT2D eigenvalue weighted by atomic mass is 10.2. The zero-order chi connectivity index (χ0) is 13.1. The number of amides is 1. The average Bonchev–Trinajstić information content (AvgIpc) is 2.53. The van der Waals surface area contributed by atoms with Gasteiger partial charge < -0.3 is 10.1 Å². The van der Waals surface area contributed by atoms with Gasteiger partial charge in [0.25, 0.3) is 0 Å². The molecule has 92 valence electrons. The topological polar surface area (TPSA) is 75.0 Å². The van der Waals surface area contributed by atoms with E-state index < -0.39 is 11.7 Å². The van der Waals surface area contributed by atoms with Crippen LogP contribution in [0.3, 0.4) is 0 Å². The Kier molecular flexibility index (Phi) is 4.07. The standard InChI is InChI=1S/C11H15N3O2S/c1-7-8(5-12)17-9(14-7)6-13-10(15)16-11(2,3)4/h6H2,1-4H3,(H,13,15). The van der Waals surface area contributed by atoms with E-state index in [4.69, 9.17) is 10.00 Å². The van der Waals surface area contributed by atoms with E-state index in [2.05, 4.69) is 16.4 Å². The van der Waals surface area contributed by atoms with Crippen molar-refractivity contribution in [3.05, 3.63) is 15.6 Å². The Balaban J connectivity index is 2.51. The molecule has 0 aliphatic heterocycles. The molecule has 0 saturated heterocycles. The average molecular weight is 253 g/mol. The van der Waals surface area contributed by atoms with Gasteiger partial charge in [-0.3, -0.25) is 0 Å². The summed E-state index contributed by atoms with van der Waals surface area (Å²) in [5.74, 6) is 0. The first-order valence-electron chi connectivity index (χ1n) is 5.15. The Morgan fingerprint density at radius 2 is 2.24 bits per heavy atom. The molecule has 0 unspecified atom stereocenters. The summed E-state index contributed by atoms with van der Waals surface area (Å²) in [6.45, 7) is 7.45. The fourth-order valence-corrected chi connectivity index (χ4v) is 1.90. The summed E-state index contributed by atoms with van der Waals surface area (Å²) in [4.78, 5) is 16.1. The van der Waals surface area contributed by atoms with Crippen molar-refractivity contribution in [2.75, 3.05) is 0 Å². The molecule has 0 fully saturated rings. The summed E-state index contributed by atoms with van der Waals surface area (Å²) in [5, 5.41) is 12.1. The van der Waals surface area contributed by atoms with Gasteiger partial charge >= 0.3 is 6.09 Å². The van der Waals surface area contributed by atoms with Crippen LogP contribution in [-0.2, 0) is 11.3 Å². The lowest BCUT2D eigenvalue weighted by Gasteiger charge is -2.19. The van der Waals surface area contributed by atoms with Crippen LogP contribution in [0.1, 0.15) is 36.3 Å². The molecule has 6 heteroatoms. The Bertz CT molecular complexity index is 454. The molecule has 0 radical (unpaired) electrons. The maximum absolute atomic E-state index is 11.4. The molecule has 0 spiro atoms. The number of nitriles is 1. The number of hydrogen-bond donors (Lipinski definition) is 1. The first-order valence-corrected chi connectivity index (χ1v) is 5.97. The van der Waals surface area contributed by atoms with Crippen molar-refractivity contribution in [1.82, 2.24) is 10.3 Å². The van der Waals surface area contributed by atoms with E-state index in [0.29, 0.717) is 15.6 Å². The Labute approximate surface area is 104 Å². The largest absolute Gasteiger partial charge is 0.444 e. The highest BCUT2D eigenvalue weighted by molar-refractivity contribution is 7.12. The predicted molar refractivity (Wildman–Crippen MR) is 64.6 cm³/mol. The number of aryl methyl sites for hydroxylation is 1. The first kappa shape index (κ1) is 13.5. The molecule has 0 bridgehead atoms. The highest BCUT2D eigenvalue weighted by Crippen LogP contribution is 2.16. The molecule has 17 heavy (non-hydrogen) atoms. The maximum Gasteiger partial charge on any atom is 0.408 e. The lowest BCUT2D eigenvalue weighted by molar-refractivity contribution is 0.0523. The molecule has 0 aromatic carbocycles. The van der Waals surface area contributed by atoms with Crippen molar-refractivity contribution < 1.29 is 9.53 Å².